The minimum atomic E-state index is -3.67. The van der Waals surface area contributed by atoms with E-state index in [2.05, 4.69) is 10.3 Å². The summed E-state index contributed by atoms with van der Waals surface area (Å²) >= 11 is 0. The second kappa shape index (κ2) is 6.48. The molecule has 5 nitrogen and oxygen atoms in total. The highest BCUT2D eigenvalue weighted by Gasteiger charge is 2.21. The molecule has 4 aromatic rings. The molecule has 2 heterocycles. The van der Waals surface area contributed by atoms with Crippen LogP contribution in [0.5, 0.6) is 0 Å². The Hall–Kier alpha value is -2.83. The summed E-state index contributed by atoms with van der Waals surface area (Å²) in [5.74, 6) is 0. The Bertz CT molecular complexity index is 1160. The number of hydrogen-bond donors (Lipinski definition) is 2. The Balaban J connectivity index is 1.91. The third-order valence-electron chi connectivity index (χ3n) is 4.37. The molecule has 0 amide bonds. The van der Waals surface area contributed by atoms with Gasteiger partial charge in [0.1, 0.15) is 0 Å². The van der Waals surface area contributed by atoms with E-state index in [0.717, 1.165) is 22.0 Å². The van der Waals surface area contributed by atoms with Gasteiger partial charge in [-0.15, -0.1) is 0 Å². The first kappa shape index (κ1) is 16.6. The molecule has 26 heavy (non-hydrogen) atoms. The van der Waals surface area contributed by atoms with Gasteiger partial charge in [-0.3, -0.25) is 0 Å². The Morgan fingerprint density at radius 1 is 1.04 bits per heavy atom. The van der Waals surface area contributed by atoms with Gasteiger partial charge in [-0.2, -0.15) is 0 Å². The third-order valence-corrected chi connectivity index (χ3v) is 6.06. The SMILES string of the molecule is CNCc1cc(-c2ccc3[nH]ccc3c2)n(S(=O)(=O)c2ccccc2)c1. The topological polar surface area (TPSA) is 66.9 Å². The number of aromatic amines is 1. The molecule has 0 fully saturated rings. The fourth-order valence-corrected chi connectivity index (χ4v) is 4.54. The molecular formula is C20H19N3O2S. The van der Waals surface area contributed by atoms with Crippen molar-refractivity contribution in [3.63, 3.8) is 0 Å². The van der Waals surface area contributed by atoms with Crippen molar-refractivity contribution in [2.75, 3.05) is 7.05 Å². The van der Waals surface area contributed by atoms with E-state index in [-0.39, 0.29) is 4.90 Å². The molecule has 0 aliphatic rings. The van der Waals surface area contributed by atoms with Crippen LogP contribution in [-0.2, 0) is 16.6 Å². The van der Waals surface area contributed by atoms with Crippen LogP contribution >= 0.6 is 0 Å². The van der Waals surface area contributed by atoms with Gasteiger partial charge in [-0.25, -0.2) is 12.4 Å². The normalized spacial score (nSPS) is 11.9. The molecule has 4 rings (SSSR count). The summed E-state index contributed by atoms with van der Waals surface area (Å²) < 4.78 is 27.8. The van der Waals surface area contributed by atoms with Crippen molar-refractivity contribution in [2.45, 2.75) is 11.4 Å². The average Bonchev–Trinajstić information content (AvgIpc) is 3.29. The summed E-state index contributed by atoms with van der Waals surface area (Å²) in [6.45, 7) is 0.594. The lowest BCUT2D eigenvalue weighted by molar-refractivity contribution is 0.588. The van der Waals surface area contributed by atoms with Gasteiger partial charge in [-0.1, -0.05) is 24.3 Å². The maximum Gasteiger partial charge on any atom is 0.268 e. The first-order valence-electron chi connectivity index (χ1n) is 8.33. The number of fused-ring (bicyclic) bond motifs is 1. The molecule has 0 unspecified atom stereocenters. The van der Waals surface area contributed by atoms with E-state index in [4.69, 9.17) is 0 Å². The molecule has 2 N–H and O–H groups in total. The number of benzene rings is 2. The summed E-state index contributed by atoms with van der Waals surface area (Å²) in [4.78, 5) is 3.43. The number of rotatable bonds is 5. The molecule has 0 aliphatic carbocycles. The molecule has 0 spiro atoms. The predicted octanol–water partition coefficient (Wildman–Crippen LogP) is 3.59. The van der Waals surface area contributed by atoms with Crippen LogP contribution in [0.4, 0.5) is 0 Å². The van der Waals surface area contributed by atoms with Crippen LogP contribution in [0, 0.1) is 0 Å². The zero-order chi connectivity index (χ0) is 18.1. The van der Waals surface area contributed by atoms with Crippen LogP contribution in [-0.4, -0.2) is 24.4 Å². The predicted molar refractivity (Wildman–Crippen MR) is 104 cm³/mol. The maximum atomic E-state index is 13.2. The van der Waals surface area contributed by atoms with Crippen molar-refractivity contribution < 1.29 is 8.42 Å². The van der Waals surface area contributed by atoms with Gasteiger partial charge in [0, 0.05) is 29.8 Å². The lowest BCUT2D eigenvalue weighted by atomic mass is 10.1. The molecule has 0 bridgehead atoms. The van der Waals surface area contributed by atoms with Crippen molar-refractivity contribution in [3.8, 4) is 11.3 Å². The van der Waals surface area contributed by atoms with Crippen LogP contribution in [0.2, 0.25) is 0 Å². The fourth-order valence-electron chi connectivity index (χ4n) is 3.13. The highest BCUT2D eigenvalue weighted by molar-refractivity contribution is 7.90. The summed E-state index contributed by atoms with van der Waals surface area (Å²) in [5, 5.41) is 4.12. The highest BCUT2D eigenvalue weighted by atomic mass is 32.2. The van der Waals surface area contributed by atoms with Gasteiger partial charge in [-0.05, 0) is 54.6 Å². The minimum absolute atomic E-state index is 0.274. The van der Waals surface area contributed by atoms with Crippen molar-refractivity contribution in [2.24, 2.45) is 0 Å². The molecule has 0 saturated heterocycles. The number of aromatic nitrogens is 2. The lowest BCUT2D eigenvalue weighted by Crippen LogP contribution is -2.13. The number of hydrogen-bond acceptors (Lipinski definition) is 3. The molecule has 0 saturated carbocycles. The summed E-state index contributed by atoms with van der Waals surface area (Å²) in [5.41, 5.74) is 3.45. The van der Waals surface area contributed by atoms with Crippen LogP contribution < -0.4 is 5.32 Å². The van der Waals surface area contributed by atoms with Gasteiger partial charge in [0.25, 0.3) is 10.0 Å². The van der Waals surface area contributed by atoms with Crippen LogP contribution in [0.15, 0.2) is 78.0 Å². The molecule has 0 aliphatic heterocycles. The highest BCUT2D eigenvalue weighted by Crippen LogP contribution is 2.29. The van der Waals surface area contributed by atoms with Crippen LogP contribution in [0.3, 0.4) is 0 Å². The van der Waals surface area contributed by atoms with Gasteiger partial charge in [0.2, 0.25) is 0 Å². The van der Waals surface area contributed by atoms with E-state index < -0.39 is 10.0 Å². The molecule has 6 heteroatoms. The molecule has 0 atom stereocenters. The van der Waals surface area contributed by atoms with Crippen molar-refractivity contribution >= 4 is 20.9 Å². The van der Waals surface area contributed by atoms with Gasteiger partial charge in [0.05, 0.1) is 10.6 Å². The van der Waals surface area contributed by atoms with E-state index in [1.807, 2.05) is 49.6 Å². The minimum Gasteiger partial charge on any atom is -0.361 e. The van der Waals surface area contributed by atoms with Crippen molar-refractivity contribution in [3.05, 3.63) is 78.6 Å². The van der Waals surface area contributed by atoms with Gasteiger partial charge >= 0.3 is 0 Å². The van der Waals surface area contributed by atoms with E-state index >= 15 is 0 Å². The standard InChI is InChI=1S/C20H19N3O2S/c1-21-13-15-11-20(17-7-8-19-16(12-17)9-10-22-19)23(14-15)26(24,25)18-5-3-2-4-6-18/h2-12,14,21-22H,13H2,1H3. The second-order valence-corrected chi connectivity index (χ2v) is 7.97. The number of nitrogens with one attached hydrogen (secondary N) is 2. The summed E-state index contributed by atoms with van der Waals surface area (Å²) in [6.07, 6.45) is 3.57. The van der Waals surface area contributed by atoms with E-state index in [1.165, 1.54) is 3.97 Å². The first-order chi connectivity index (χ1) is 12.6. The molecule has 0 radical (unpaired) electrons. The molecule has 2 aromatic heterocycles. The maximum absolute atomic E-state index is 13.2. The average molecular weight is 365 g/mol. The number of nitrogens with zero attached hydrogens (tertiary/aromatic N) is 1. The first-order valence-corrected chi connectivity index (χ1v) is 9.77. The van der Waals surface area contributed by atoms with Gasteiger partial charge in [0.15, 0.2) is 0 Å². The van der Waals surface area contributed by atoms with Crippen LogP contribution in [0.1, 0.15) is 5.56 Å². The summed E-state index contributed by atoms with van der Waals surface area (Å²) in [6, 6.07) is 18.3. The van der Waals surface area contributed by atoms with Gasteiger partial charge < -0.3 is 10.3 Å². The van der Waals surface area contributed by atoms with E-state index in [0.29, 0.717) is 12.2 Å². The van der Waals surface area contributed by atoms with Crippen molar-refractivity contribution in [1.29, 1.82) is 0 Å². The quantitative estimate of drug-likeness (QED) is 0.568. The Morgan fingerprint density at radius 2 is 1.85 bits per heavy atom. The lowest BCUT2D eigenvalue weighted by Gasteiger charge is -2.11. The van der Waals surface area contributed by atoms with E-state index in [9.17, 15) is 8.42 Å². The monoisotopic (exact) mass is 365 g/mol. The Morgan fingerprint density at radius 3 is 2.62 bits per heavy atom. The molecule has 132 valence electrons. The van der Waals surface area contributed by atoms with E-state index in [1.54, 1.807) is 30.5 Å². The van der Waals surface area contributed by atoms with Crippen LogP contribution in [0.25, 0.3) is 22.2 Å². The number of H-pyrrole nitrogens is 1. The molecular weight excluding hydrogens is 346 g/mol. The smallest absolute Gasteiger partial charge is 0.268 e. The largest absolute Gasteiger partial charge is 0.361 e. The zero-order valence-electron chi connectivity index (χ0n) is 14.3. The Kier molecular flexibility index (Phi) is 4.14. The van der Waals surface area contributed by atoms with Crippen molar-refractivity contribution in [1.82, 2.24) is 14.3 Å². The third kappa shape index (κ3) is 2.83. The zero-order valence-corrected chi connectivity index (χ0v) is 15.1. The molecule has 2 aromatic carbocycles. The fraction of sp³-hybridized carbons (Fsp3) is 0.100. The second-order valence-electron chi connectivity index (χ2n) is 6.16. The summed E-state index contributed by atoms with van der Waals surface area (Å²) in [7, 11) is -1.83. The Labute approximate surface area is 152 Å².